The average Bonchev–Trinajstić information content (AvgIpc) is 2.83. The maximum atomic E-state index is 12.5. The molecule has 1 saturated heterocycles. The van der Waals surface area contributed by atoms with E-state index in [1.807, 2.05) is 13.8 Å². The van der Waals surface area contributed by atoms with Gasteiger partial charge in [-0.15, -0.1) is 11.8 Å². The van der Waals surface area contributed by atoms with E-state index in [9.17, 15) is 14.7 Å². The van der Waals surface area contributed by atoms with E-state index < -0.39 is 17.2 Å². The van der Waals surface area contributed by atoms with Crippen molar-refractivity contribution >= 4 is 23.5 Å². The van der Waals surface area contributed by atoms with Gasteiger partial charge in [0.05, 0.1) is 22.1 Å². The van der Waals surface area contributed by atoms with Gasteiger partial charge < -0.3 is 15.6 Å². The molecule has 1 unspecified atom stereocenters. The molecule has 7 nitrogen and oxygen atoms in total. The van der Waals surface area contributed by atoms with E-state index in [-0.39, 0.29) is 34.4 Å². The minimum atomic E-state index is -0.659. The standard InChI is InChI=1S/C18H29N3O4S/c1-17(2,3)10-18(4,5)15(23)25-9-12-11(22)8-14(26-12)21-7-6-13(19)20-16(21)24/h6-7,11-12,14,22H,8-10H2,1-5H3,(H2,19,20,24)/t11-,12?,14-/m1/s1. The molecule has 0 spiro atoms. The van der Waals surface area contributed by atoms with Crippen molar-refractivity contribution in [2.24, 2.45) is 10.8 Å². The normalized spacial score (nSPS) is 23.8. The predicted molar refractivity (Wildman–Crippen MR) is 103 cm³/mol. The van der Waals surface area contributed by atoms with Crippen LogP contribution in [0.15, 0.2) is 17.1 Å². The molecule has 2 rings (SSSR count). The number of carbonyl (C=O) groups is 1. The van der Waals surface area contributed by atoms with Crippen LogP contribution in [0.1, 0.15) is 52.8 Å². The molecule has 1 aromatic heterocycles. The number of nitrogen functional groups attached to an aromatic ring is 1. The second kappa shape index (κ2) is 7.60. The van der Waals surface area contributed by atoms with Crippen LogP contribution < -0.4 is 11.4 Å². The largest absolute Gasteiger partial charge is 0.464 e. The summed E-state index contributed by atoms with van der Waals surface area (Å²) in [5, 5.41) is 9.76. The van der Waals surface area contributed by atoms with Crippen molar-refractivity contribution in [3.05, 3.63) is 22.7 Å². The van der Waals surface area contributed by atoms with Crippen molar-refractivity contribution < 1.29 is 14.6 Å². The minimum absolute atomic E-state index is 0.0125. The van der Waals surface area contributed by atoms with E-state index >= 15 is 0 Å². The predicted octanol–water partition coefficient (Wildman–Crippen LogP) is 2.20. The Labute approximate surface area is 158 Å². The van der Waals surface area contributed by atoms with Crippen LogP contribution in [0.3, 0.4) is 0 Å². The Hall–Kier alpha value is -1.54. The van der Waals surface area contributed by atoms with Crippen molar-refractivity contribution in [3.8, 4) is 0 Å². The molecular formula is C18H29N3O4S. The highest BCUT2D eigenvalue weighted by atomic mass is 32.2. The lowest BCUT2D eigenvalue weighted by Crippen LogP contribution is -2.34. The van der Waals surface area contributed by atoms with Gasteiger partial charge in [0.15, 0.2) is 0 Å². The molecule has 1 aliphatic rings. The molecule has 1 fully saturated rings. The SMILES string of the molecule is CC(C)(C)CC(C)(C)C(=O)OCC1S[C@@H](n2ccc(N)nc2=O)C[C@H]1O. The molecular weight excluding hydrogens is 354 g/mol. The number of hydrogen-bond acceptors (Lipinski definition) is 7. The summed E-state index contributed by atoms with van der Waals surface area (Å²) in [6.45, 7) is 10.1. The third-order valence-corrected chi connectivity index (χ3v) is 5.80. The number of anilines is 1. The molecule has 8 heteroatoms. The van der Waals surface area contributed by atoms with Gasteiger partial charge in [0.2, 0.25) is 0 Å². The molecule has 2 heterocycles. The molecule has 0 bridgehead atoms. The number of nitrogens with zero attached hydrogens (tertiary/aromatic N) is 2. The van der Waals surface area contributed by atoms with Crippen LogP contribution >= 0.6 is 11.8 Å². The second-order valence-corrected chi connectivity index (χ2v) is 10.1. The Bertz CT molecular complexity index is 711. The van der Waals surface area contributed by atoms with Crippen molar-refractivity contribution in [1.29, 1.82) is 0 Å². The lowest BCUT2D eigenvalue weighted by atomic mass is 9.76. The summed E-state index contributed by atoms with van der Waals surface area (Å²) in [6, 6.07) is 1.55. The number of aliphatic hydroxyl groups is 1. The monoisotopic (exact) mass is 383 g/mol. The highest BCUT2D eigenvalue weighted by molar-refractivity contribution is 8.00. The fourth-order valence-electron chi connectivity index (χ4n) is 3.43. The first-order chi connectivity index (χ1) is 11.9. The zero-order valence-electron chi connectivity index (χ0n) is 16.1. The van der Waals surface area contributed by atoms with Gasteiger partial charge in [-0.1, -0.05) is 20.8 Å². The second-order valence-electron chi connectivity index (χ2n) is 8.69. The molecule has 0 saturated carbocycles. The molecule has 0 radical (unpaired) electrons. The molecule has 3 atom stereocenters. The van der Waals surface area contributed by atoms with Gasteiger partial charge in [0.25, 0.3) is 0 Å². The van der Waals surface area contributed by atoms with Gasteiger partial charge in [-0.25, -0.2) is 4.79 Å². The van der Waals surface area contributed by atoms with Crippen molar-refractivity contribution in [3.63, 3.8) is 0 Å². The molecule has 146 valence electrons. The summed E-state index contributed by atoms with van der Waals surface area (Å²) in [6.07, 6.45) is 2.02. The van der Waals surface area contributed by atoms with E-state index in [0.29, 0.717) is 12.8 Å². The van der Waals surface area contributed by atoms with Gasteiger partial charge in [0, 0.05) is 12.6 Å². The Kier molecular flexibility index (Phi) is 6.07. The Morgan fingerprint density at radius 1 is 1.42 bits per heavy atom. The van der Waals surface area contributed by atoms with Gasteiger partial charge in [-0.05, 0) is 31.7 Å². The van der Waals surface area contributed by atoms with Crippen LogP contribution in [0.25, 0.3) is 0 Å². The summed E-state index contributed by atoms with van der Waals surface area (Å²) in [5.41, 5.74) is 4.48. The summed E-state index contributed by atoms with van der Waals surface area (Å²) < 4.78 is 6.95. The lowest BCUT2D eigenvalue weighted by molar-refractivity contribution is -0.156. The highest BCUT2D eigenvalue weighted by Gasteiger charge is 2.38. The smallest absolute Gasteiger partial charge is 0.350 e. The van der Waals surface area contributed by atoms with Gasteiger partial charge in [-0.2, -0.15) is 4.98 Å². The van der Waals surface area contributed by atoms with Crippen LogP contribution in [0.2, 0.25) is 0 Å². The number of ether oxygens (including phenoxy) is 1. The number of hydrogen-bond donors (Lipinski definition) is 2. The first kappa shape index (κ1) is 20.8. The van der Waals surface area contributed by atoms with Crippen LogP contribution in [0.4, 0.5) is 5.82 Å². The van der Waals surface area contributed by atoms with Crippen molar-refractivity contribution in [1.82, 2.24) is 9.55 Å². The molecule has 26 heavy (non-hydrogen) atoms. The van der Waals surface area contributed by atoms with Crippen LogP contribution in [-0.4, -0.2) is 38.6 Å². The first-order valence-electron chi connectivity index (χ1n) is 8.74. The summed E-state index contributed by atoms with van der Waals surface area (Å²) in [4.78, 5) is 28.1. The molecule has 0 aromatic carbocycles. The number of carbonyl (C=O) groups excluding carboxylic acids is 1. The molecule has 3 N–H and O–H groups in total. The topological polar surface area (TPSA) is 107 Å². The van der Waals surface area contributed by atoms with Crippen LogP contribution in [0, 0.1) is 10.8 Å². The van der Waals surface area contributed by atoms with E-state index in [2.05, 4.69) is 25.8 Å². The van der Waals surface area contributed by atoms with E-state index in [0.717, 1.165) is 0 Å². The van der Waals surface area contributed by atoms with Gasteiger partial charge in [0.1, 0.15) is 12.4 Å². The van der Waals surface area contributed by atoms with Crippen molar-refractivity contribution in [2.45, 2.75) is 64.2 Å². The lowest BCUT2D eigenvalue weighted by Gasteiger charge is -2.30. The summed E-state index contributed by atoms with van der Waals surface area (Å²) in [7, 11) is 0. The number of thioether (sulfide) groups is 1. The van der Waals surface area contributed by atoms with E-state index in [1.165, 1.54) is 16.3 Å². The van der Waals surface area contributed by atoms with Crippen LogP contribution in [0.5, 0.6) is 0 Å². The maximum Gasteiger partial charge on any atom is 0.350 e. The molecule has 1 aromatic rings. The zero-order chi connectivity index (χ0) is 19.7. The fourth-order valence-corrected chi connectivity index (χ4v) is 4.87. The highest BCUT2D eigenvalue weighted by Crippen LogP contribution is 2.41. The van der Waals surface area contributed by atoms with E-state index in [1.54, 1.807) is 12.3 Å². The number of rotatable bonds is 5. The molecule has 0 amide bonds. The van der Waals surface area contributed by atoms with E-state index in [4.69, 9.17) is 10.5 Å². The summed E-state index contributed by atoms with van der Waals surface area (Å²) in [5.74, 6) is -0.101. The molecule has 1 aliphatic heterocycles. The number of nitrogens with two attached hydrogens (primary N) is 1. The number of esters is 1. The van der Waals surface area contributed by atoms with Crippen molar-refractivity contribution in [2.75, 3.05) is 12.3 Å². The maximum absolute atomic E-state index is 12.5. The van der Waals surface area contributed by atoms with Gasteiger partial charge >= 0.3 is 11.7 Å². The molecule has 0 aliphatic carbocycles. The van der Waals surface area contributed by atoms with Gasteiger partial charge in [-0.3, -0.25) is 9.36 Å². The zero-order valence-corrected chi connectivity index (χ0v) is 16.9. The quantitative estimate of drug-likeness (QED) is 0.751. The minimum Gasteiger partial charge on any atom is -0.464 e. The third-order valence-electron chi connectivity index (χ3n) is 4.27. The Balaban J connectivity index is 1.96. The fraction of sp³-hybridized carbons (Fsp3) is 0.722. The number of aliphatic hydroxyl groups excluding tert-OH is 1. The Morgan fingerprint density at radius 2 is 2.08 bits per heavy atom. The third kappa shape index (κ3) is 5.23. The summed E-state index contributed by atoms with van der Waals surface area (Å²) >= 11 is 1.41. The first-order valence-corrected chi connectivity index (χ1v) is 9.69. The Morgan fingerprint density at radius 3 is 2.65 bits per heavy atom. The number of aromatic nitrogens is 2. The average molecular weight is 384 g/mol. The van der Waals surface area contributed by atoms with Crippen LogP contribution in [-0.2, 0) is 9.53 Å².